The van der Waals surface area contributed by atoms with Crippen molar-refractivity contribution >= 4 is 17.4 Å². The number of aliphatic carboxylic acids is 1. The molecule has 1 aliphatic heterocycles. The number of hydrogen-bond acceptors (Lipinski definition) is 3. The van der Waals surface area contributed by atoms with Gasteiger partial charge in [-0.2, -0.15) is 0 Å². The van der Waals surface area contributed by atoms with Gasteiger partial charge in [0.1, 0.15) is 6.10 Å². The average molecular weight is 244 g/mol. The first-order chi connectivity index (χ1) is 8.61. The minimum atomic E-state index is -0.897. The molecular formula is C13H12N2O3. The van der Waals surface area contributed by atoms with E-state index in [1.165, 1.54) is 0 Å². The molecule has 0 saturated heterocycles. The smallest absolute Gasteiger partial charge is 0.307 e. The lowest BCUT2D eigenvalue weighted by Crippen LogP contribution is -2.23. The van der Waals surface area contributed by atoms with Crippen molar-refractivity contribution in [2.24, 2.45) is 11.1 Å². The Kier molecular flexibility index (Phi) is 3.28. The number of nitrogens with zero attached hydrogens (tertiary/aromatic N) is 2. The lowest BCUT2D eigenvalue weighted by atomic mass is 9.92. The molecule has 5 heteroatoms. The van der Waals surface area contributed by atoms with E-state index in [4.69, 9.17) is 16.5 Å². The average Bonchev–Trinajstić information content (AvgIpc) is 2.71. The van der Waals surface area contributed by atoms with Crippen LogP contribution in [0.15, 0.2) is 29.4 Å². The minimum Gasteiger partial charge on any atom is -0.481 e. The van der Waals surface area contributed by atoms with Crippen LogP contribution in [0.5, 0.6) is 0 Å². The Morgan fingerprint density at radius 3 is 2.72 bits per heavy atom. The third-order valence-corrected chi connectivity index (χ3v) is 2.94. The molecule has 1 unspecified atom stereocenters. The summed E-state index contributed by atoms with van der Waals surface area (Å²) in [5.74, 6) is -0.966. The summed E-state index contributed by atoms with van der Waals surface area (Å²) in [7, 11) is 0. The first kappa shape index (κ1) is 12.1. The largest absolute Gasteiger partial charge is 0.481 e. The Bertz CT molecular complexity index is 528. The summed E-state index contributed by atoms with van der Waals surface area (Å²) in [6, 6.07) is 7.02. The molecule has 18 heavy (non-hydrogen) atoms. The molecule has 0 radical (unpaired) electrons. The van der Waals surface area contributed by atoms with Crippen molar-refractivity contribution in [2.45, 2.75) is 19.4 Å². The van der Waals surface area contributed by atoms with Crippen LogP contribution in [0, 0.1) is 12.5 Å². The van der Waals surface area contributed by atoms with Crippen molar-refractivity contribution in [1.29, 1.82) is 0 Å². The molecule has 1 N–H and O–H groups in total. The summed E-state index contributed by atoms with van der Waals surface area (Å²) in [6.07, 6.45) is -0.480. The highest BCUT2D eigenvalue weighted by molar-refractivity contribution is 6.03. The van der Waals surface area contributed by atoms with Gasteiger partial charge in [-0.3, -0.25) is 4.79 Å². The van der Waals surface area contributed by atoms with Gasteiger partial charge >= 0.3 is 5.97 Å². The third kappa shape index (κ3) is 2.33. The summed E-state index contributed by atoms with van der Waals surface area (Å²) in [5, 5.41) is 12.7. The van der Waals surface area contributed by atoms with Crippen LogP contribution in [0.1, 0.15) is 18.9 Å². The monoisotopic (exact) mass is 244 g/mol. The fraction of sp³-hybridized carbons (Fsp3) is 0.308. The van der Waals surface area contributed by atoms with Gasteiger partial charge in [0.15, 0.2) is 5.69 Å². The molecule has 0 aliphatic carbocycles. The molecule has 1 aliphatic rings. The second kappa shape index (κ2) is 4.88. The maximum atomic E-state index is 10.7. The van der Waals surface area contributed by atoms with E-state index in [1.54, 1.807) is 24.3 Å². The molecule has 0 saturated carbocycles. The van der Waals surface area contributed by atoms with E-state index >= 15 is 0 Å². The number of carboxylic acids is 1. The maximum Gasteiger partial charge on any atom is 0.307 e. The van der Waals surface area contributed by atoms with Gasteiger partial charge in [-0.1, -0.05) is 36.3 Å². The van der Waals surface area contributed by atoms with Crippen LogP contribution in [0.3, 0.4) is 0 Å². The van der Waals surface area contributed by atoms with Gasteiger partial charge in [-0.15, -0.1) is 0 Å². The molecule has 0 fully saturated rings. The van der Waals surface area contributed by atoms with Crippen LogP contribution in [0.2, 0.25) is 0 Å². The molecule has 92 valence electrons. The summed E-state index contributed by atoms with van der Waals surface area (Å²) < 4.78 is 0. The van der Waals surface area contributed by atoms with Gasteiger partial charge in [0, 0.05) is 5.92 Å². The number of oxime groups is 1. The highest BCUT2D eigenvalue weighted by Crippen LogP contribution is 2.26. The zero-order valence-electron chi connectivity index (χ0n) is 9.83. The lowest BCUT2D eigenvalue weighted by Gasteiger charge is -2.12. The zero-order chi connectivity index (χ0) is 13.1. The predicted molar refractivity (Wildman–Crippen MR) is 65.5 cm³/mol. The van der Waals surface area contributed by atoms with Gasteiger partial charge < -0.3 is 9.94 Å². The molecule has 1 aromatic rings. The summed E-state index contributed by atoms with van der Waals surface area (Å²) in [5.41, 5.74) is 2.16. The first-order valence-corrected chi connectivity index (χ1v) is 5.55. The highest BCUT2D eigenvalue weighted by atomic mass is 16.6. The molecule has 0 bridgehead atoms. The van der Waals surface area contributed by atoms with Gasteiger partial charge in [-0.05, 0) is 5.56 Å². The number of hydrogen-bond donors (Lipinski definition) is 1. The van der Waals surface area contributed by atoms with E-state index in [-0.39, 0.29) is 12.3 Å². The van der Waals surface area contributed by atoms with Crippen LogP contribution < -0.4 is 0 Å². The highest BCUT2D eigenvalue weighted by Gasteiger charge is 2.32. The maximum absolute atomic E-state index is 10.7. The molecule has 1 heterocycles. The quantitative estimate of drug-likeness (QED) is 0.830. The molecule has 0 spiro atoms. The second-order valence-electron chi connectivity index (χ2n) is 4.17. The van der Waals surface area contributed by atoms with Gasteiger partial charge in [0.2, 0.25) is 0 Å². The van der Waals surface area contributed by atoms with Crippen LogP contribution >= 0.6 is 0 Å². The fourth-order valence-corrected chi connectivity index (χ4v) is 1.88. The number of carboxylic acid groups (broad SMARTS) is 1. The van der Waals surface area contributed by atoms with Crippen molar-refractivity contribution in [3.05, 3.63) is 41.2 Å². The van der Waals surface area contributed by atoms with E-state index in [0.29, 0.717) is 5.69 Å². The van der Waals surface area contributed by atoms with Crippen molar-refractivity contribution in [3.63, 3.8) is 0 Å². The van der Waals surface area contributed by atoms with E-state index < -0.39 is 12.1 Å². The van der Waals surface area contributed by atoms with Crippen molar-refractivity contribution in [2.75, 3.05) is 0 Å². The number of benzene rings is 1. The Morgan fingerprint density at radius 2 is 2.17 bits per heavy atom. The molecular weight excluding hydrogens is 232 g/mol. The predicted octanol–water partition coefficient (Wildman–Crippen LogP) is 2.45. The number of rotatable bonds is 3. The van der Waals surface area contributed by atoms with Crippen molar-refractivity contribution in [1.82, 2.24) is 0 Å². The van der Waals surface area contributed by atoms with E-state index in [2.05, 4.69) is 10.0 Å². The fourth-order valence-electron chi connectivity index (χ4n) is 1.88. The van der Waals surface area contributed by atoms with Crippen LogP contribution in [0.25, 0.3) is 4.85 Å². The van der Waals surface area contributed by atoms with Gasteiger partial charge in [0.05, 0.1) is 18.7 Å². The molecule has 5 nitrogen and oxygen atoms in total. The molecule has 1 aromatic carbocycles. The topological polar surface area (TPSA) is 63.2 Å². The van der Waals surface area contributed by atoms with Crippen LogP contribution in [-0.4, -0.2) is 22.9 Å². The second-order valence-corrected chi connectivity index (χ2v) is 4.17. The summed E-state index contributed by atoms with van der Waals surface area (Å²) in [4.78, 5) is 19.1. The first-order valence-electron chi connectivity index (χ1n) is 5.55. The summed E-state index contributed by atoms with van der Waals surface area (Å²) >= 11 is 0. The van der Waals surface area contributed by atoms with Gasteiger partial charge in [-0.25, -0.2) is 4.85 Å². The van der Waals surface area contributed by atoms with Crippen molar-refractivity contribution < 1.29 is 14.7 Å². The Labute approximate surface area is 105 Å². The Morgan fingerprint density at radius 1 is 1.50 bits per heavy atom. The third-order valence-electron chi connectivity index (χ3n) is 2.94. The van der Waals surface area contributed by atoms with E-state index in [0.717, 1.165) is 11.3 Å². The standard InChI is InChI=1S/C13H12N2O3/c1-8-11(7-12(16)17)18-15-13(8)9-3-5-10(14-2)6-4-9/h3-6,8,11H,7H2,1H3,(H,16,17)/t8?,11-/m0/s1. The SMILES string of the molecule is [C-]#[N+]c1ccc(C2=NO[C@@H](CC(=O)O)C2C)cc1. The number of carbonyl (C=O) groups is 1. The Balaban J connectivity index is 2.15. The summed E-state index contributed by atoms with van der Waals surface area (Å²) in [6.45, 7) is 8.77. The van der Waals surface area contributed by atoms with Crippen LogP contribution in [-0.2, 0) is 9.63 Å². The van der Waals surface area contributed by atoms with E-state index in [1.807, 2.05) is 6.92 Å². The van der Waals surface area contributed by atoms with Crippen LogP contribution in [0.4, 0.5) is 5.69 Å². The van der Waals surface area contributed by atoms with E-state index in [9.17, 15) is 4.79 Å². The lowest BCUT2D eigenvalue weighted by molar-refractivity contribution is -0.140. The Hall–Kier alpha value is -2.35. The molecule has 0 amide bonds. The normalized spacial score (nSPS) is 21.9. The zero-order valence-corrected chi connectivity index (χ0v) is 9.83. The van der Waals surface area contributed by atoms with Gasteiger partial charge in [0.25, 0.3) is 0 Å². The minimum absolute atomic E-state index is 0.0612. The molecule has 0 aromatic heterocycles. The molecule has 2 atom stereocenters. The van der Waals surface area contributed by atoms with Crippen molar-refractivity contribution in [3.8, 4) is 0 Å². The molecule has 2 rings (SSSR count).